The fourth-order valence-electron chi connectivity index (χ4n) is 1.92. The van der Waals surface area contributed by atoms with E-state index in [-0.39, 0.29) is 0 Å². The van der Waals surface area contributed by atoms with Gasteiger partial charge in [-0.15, -0.1) is 0 Å². The van der Waals surface area contributed by atoms with Crippen molar-refractivity contribution in [1.29, 1.82) is 0 Å². The van der Waals surface area contributed by atoms with E-state index in [1.165, 1.54) is 0 Å². The third-order valence-corrected chi connectivity index (χ3v) is 3.93. The smallest absolute Gasteiger partial charge is 0.163 e. The van der Waals surface area contributed by atoms with Gasteiger partial charge in [-0.25, -0.2) is 0 Å². The second-order valence-corrected chi connectivity index (χ2v) is 5.68. The van der Waals surface area contributed by atoms with Crippen LogP contribution in [-0.4, -0.2) is 13.7 Å². The number of ether oxygens (including phenoxy) is 2. The number of hydrogen-bond donors (Lipinski definition) is 1. The van der Waals surface area contributed by atoms with E-state index < -0.39 is 0 Å². The highest BCUT2D eigenvalue weighted by atomic mass is 79.9. The van der Waals surface area contributed by atoms with Crippen LogP contribution in [0.3, 0.4) is 0 Å². The molecule has 0 aromatic heterocycles. The Morgan fingerprint density at radius 1 is 1.14 bits per heavy atom. The Hall–Kier alpha value is -1.39. The van der Waals surface area contributed by atoms with Crippen molar-refractivity contribution in [3.8, 4) is 11.5 Å². The van der Waals surface area contributed by atoms with Crippen LogP contribution < -0.4 is 14.8 Å². The maximum absolute atomic E-state index is 5.94. The largest absolute Gasteiger partial charge is 0.493 e. The molecule has 0 aliphatic rings. The van der Waals surface area contributed by atoms with Gasteiger partial charge >= 0.3 is 0 Å². The molecule has 0 heterocycles. The van der Waals surface area contributed by atoms with Crippen molar-refractivity contribution in [3.05, 3.63) is 51.5 Å². The summed E-state index contributed by atoms with van der Waals surface area (Å²) < 4.78 is 11.8. The molecule has 1 N–H and O–H groups in total. The van der Waals surface area contributed by atoms with Crippen LogP contribution in [0.15, 0.2) is 40.9 Å². The molecule has 5 heteroatoms. The van der Waals surface area contributed by atoms with Gasteiger partial charge in [-0.2, -0.15) is 0 Å². The highest BCUT2D eigenvalue weighted by Crippen LogP contribution is 2.30. The number of nitrogens with one attached hydrogen (secondary N) is 1. The summed E-state index contributed by atoms with van der Waals surface area (Å²) in [6.45, 7) is 3.24. The van der Waals surface area contributed by atoms with E-state index in [4.69, 9.17) is 21.1 Å². The van der Waals surface area contributed by atoms with Crippen molar-refractivity contribution in [1.82, 2.24) is 0 Å². The van der Waals surface area contributed by atoms with Crippen LogP contribution in [0.1, 0.15) is 12.5 Å². The van der Waals surface area contributed by atoms with Gasteiger partial charge in [0.25, 0.3) is 0 Å². The highest BCUT2D eigenvalue weighted by Gasteiger charge is 2.06. The second kappa shape index (κ2) is 7.57. The molecule has 112 valence electrons. The maximum Gasteiger partial charge on any atom is 0.163 e. The lowest BCUT2D eigenvalue weighted by molar-refractivity contribution is 0.311. The molecule has 0 atom stereocenters. The zero-order valence-corrected chi connectivity index (χ0v) is 14.3. The first-order valence-corrected chi connectivity index (χ1v) is 7.79. The summed E-state index contributed by atoms with van der Waals surface area (Å²) in [5, 5.41) is 4.08. The topological polar surface area (TPSA) is 30.5 Å². The molecule has 0 saturated heterocycles. The molecule has 0 radical (unpaired) electrons. The predicted octanol–water partition coefficient (Wildman–Crippen LogP) is 5.12. The van der Waals surface area contributed by atoms with Crippen LogP contribution in [0.4, 0.5) is 5.69 Å². The highest BCUT2D eigenvalue weighted by molar-refractivity contribution is 9.10. The van der Waals surface area contributed by atoms with E-state index >= 15 is 0 Å². The van der Waals surface area contributed by atoms with E-state index in [1.54, 1.807) is 7.11 Å². The van der Waals surface area contributed by atoms with Gasteiger partial charge in [0.05, 0.1) is 13.7 Å². The Labute approximate surface area is 138 Å². The summed E-state index contributed by atoms with van der Waals surface area (Å²) in [5.74, 6) is 1.47. The number of halogens is 2. The quantitative estimate of drug-likeness (QED) is 0.765. The molecule has 0 amide bonds. The van der Waals surface area contributed by atoms with Gasteiger partial charge < -0.3 is 14.8 Å². The SMILES string of the molecule is CCOc1cc(NCc2ccc(Cl)cc2Br)ccc1OC. The first-order chi connectivity index (χ1) is 10.1. The minimum atomic E-state index is 0.600. The van der Waals surface area contributed by atoms with Crippen LogP contribution in [-0.2, 0) is 6.54 Å². The van der Waals surface area contributed by atoms with E-state index in [0.29, 0.717) is 18.2 Å². The Morgan fingerprint density at radius 3 is 2.62 bits per heavy atom. The summed E-state index contributed by atoms with van der Waals surface area (Å²) in [5.41, 5.74) is 2.11. The fraction of sp³-hybridized carbons (Fsp3) is 0.250. The van der Waals surface area contributed by atoms with Crippen LogP contribution in [0.5, 0.6) is 11.5 Å². The third kappa shape index (κ3) is 4.29. The molecule has 21 heavy (non-hydrogen) atoms. The van der Waals surface area contributed by atoms with Crippen LogP contribution in [0.25, 0.3) is 0 Å². The molecule has 0 aliphatic carbocycles. The molecule has 0 aliphatic heterocycles. The summed E-state index contributed by atoms with van der Waals surface area (Å²) in [7, 11) is 1.63. The first-order valence-electron chi connectivity index (χ1n) is 6.62. The van der Waals surface area contributed by atoms with Gasteiger partial charge in [-0.1, -0.05) is 33.6 Å². The summed E-state index contributed by atoms with van der Waals surface area (Å²) in [4.78, 5) is 0. The summed E-state index contributed by atoms with van der Waals surface area (Å²) in [6, 6.07) is 11.6. The second-order valence-electron chi connectivity index (χ2n) is 4.39. The normalized spacial score (nSPS) is 10.3. The molecule has 3 nitrogen and oxygen atoms in total. The molecule has 0 saturated carbocycles. The van der Waals surface area contributed by atoms with Crippen molar-refractivity contribution in [3.63, 3.8) is 0 Å². The van der Waals surface area contributed by atoms with Gasteiger partial charge in [0.1, 0.15) is 0 Å². The molecule has 2 rings (SSSR count). The number of benzene rings is 2. The lowest BCUT2D eigenvalue weighted by Crippen LogP contribution is -2.02. The van der Waals surface area contributed by atoms with Gasteiger partial charge in [0.2, 0.25) is 0 Å². The Kier molecular flexibility index (Phi) is 5.76. The van der Waals surface area contributed by atoms with Crippen molar-refractivity contribution in [2.75, 3.05) is 19.0 Å². The van der Waals surface area contributed by atoms with E-state index in [2.05, 4.69) is 21.2 Å². The number of hydrogen-bond acceptors (Lipinski definition) is 3. The molecular formula is C16H17BrClNO2. The molecule has 0 bridgehead atoms. The molecule has 2 aromatic carbocycles. The van der Waals surface area contributed by atoms with Gasteiger partial charge in [0.15, 0.2) is 11.5 Å². The monoisotopic (exact) mass is 369 g/mol. The fourth-order valence-corrected chi connectivity index (χ4v) is 2.74. The van der Waals surface area contributed by atoms with E-state index in [0.717, 1.165) is 27.2 Å². The van der Waals surface area contributed by atoms with E-state index in [9.17, 15) is 0 Å². The first kappa shape index (κ1) is 16.0. The van der Waals surface area contributed by atoms with Crippen LogP contribution in [0, 0.1) is 0 Å². The molecule has 2 aromatic rings. The molecular weight excluding hydrogens is 354 g/mol. The average Bonchev–Trinajstić information content (AvgIpc) is 2.47. The third-order valence-electron chi connectivity index (χ3n) is 2.96. The van der Waals surface area contributed by atoms with Crippen LogP contribution >= 0.6 is 27.5 Å². The molecule has 0 spiro atoms. The van der Waals surface area contributed by atoms with Crippen molar-refractivity contribution in [2.24, 2.45) is 0 Å². The standard InChI is InChI=1S/C16H17BrClNO2/c1-3-21-16-9-13(6-7-15(16)20-2)19-10-11-4-5-12(18)8-14(11)17/h4-9,19H,3,10H2,1-2H3. The lowest BCUT2D eigenvalue weighted by atomic mass is 10.2. The Morgan fingerprint density at radius 2 is 1.95 bits per heavy atom. The lowest BCUT2D eigenvalue weighted by Gasteiger charge is -2.13. The van der Waals surface area contributed by atoms with Gasteiger partial charge in [-0.05, 0) is 36.8 Å². The zero-order valence-electron chi connectivity index (χ0n) is 12.0. The average molecular weight is 371 g/mol. The van der Waals surface area contributed by atoms with Gasteiger partial charge in [-0.3, -0.25) is 0 Å². The summed E-state index contributed by atoms with van der Waals surface area (Å²) in [6.07, 6.45) is 0. The summed E-state index contributed by atoms with van der Waals surface area (Å²) >= 11 is 9.46. The Balaban J connectivity index is 2.10. The number of methoxy groups -OCH3 is 1. The van der Waals surface area contributed by atoms with Gasteiger partial charge in [0, 0.05) is 27.8 Å². The van der Waals surface area contributed by atoms with Crippen molar-refractivity contribution >= 4 is 33.2 Å². The maximum atomic E-state index is 5.94. The van der Waals surface area contributed by atoms with Crippen molar-refractivity contribution in [2.45, 2.75) is 13.5 Å². The molecule has 0 fully saturated rings. The predicted molar refractivity (Wildman–Crippen MR) is 90.6 cm³/mol. The van der Waals surface area contributed by atoms with Crippen molar-refractivity contribution < 1.29 is 9.47 Å². The Bertz CT molecular complexity index is 619. The number of anilines is 1. The number of rotatable bonds is 6. The minimum Gasteiger partial charge on any atom is -0.493 e. The van der Waals surface area contributed by atoms with Crippen LogP contribution in [0.2, 0.25) is 5.02 Å². The minimum absolute atomic E-state index is 0.600. The zero-order chi connectivity index (χ0) is 15.2. The van der Waals surface area contributed by atoms with E-state index in [1.807, 2.05) is 43.3 Å². The molecule has 0 unspecified atom stereocenters.